The SMILES string of the molecule is C[C@H]1COCCN1C(=O)N1CCc2cc(C(C)(C)C)cc([C@@H]3COCCN3)c2C1. The molecule has 0 bridgehead atoms. The molecule has 1 aromatic rings. The molecule has 3 aliphatic heterocycles. The lowest BCUT2D eigenvalue weighted by Gasteiger charge is -2.40. The summed E-state index contributed by atoms with van der Waals surface area (Å²) < 4.78 is 11.3. The van der Waals surface area contributed by atoms with E-state index in [1.165, 1.54) is 22.3 Å². The van der Waals surface area contributed by atoms with Crippen LogP contribution >= 0.6 is 0 Å². The quantitative estimate of drug-likeness (QED) is 0.786. The molecule has 2 fully saturated rings. The zero-order valence-corrected chi connectivity index (χ0v) is 18.3. The van der Waals surface area contributed by atoms with Gasteiger partial charge >= 0.3 is 6.03 Å². The molecule has 6 nitrogen and oxygen atoms in total. The fraction of sp³-hybridized carbons (Fsp3) is 0.696. The molecule has 0 radical (unpaired) electrons. The first-order valence-corrected chi connectivity index (χ1v) is 10.9. The Morgan fingerprint density at radius 3 is 2.62 bits per heavy atom. The second-order valence-corrected chi connectivity index (χ2v) is 9.61. The van der Waals surface area contributed by atoms with Crippen molar-refractivity contribution in [3.63, 3.8) is 0 Å². The Labute approximate surface area is 174 Å². The molecule has 2 saturated heterocycles. The molecule has 0 unspecified atom stereocenters. The van der Waals surface area contributed by atoms with Gasteiger partial charge in [-0.15, -0.1) is 0 Å². The highest BCUT2D eigenvalue weighted by Gasteiger charge is 2.33. The summed E-state index contributed by atoms with van der Waals surface area (Å²) in [6.07, 6.45) is 0.907. The van der Waals surface area contributed by atoms with E-state index in [9.17, 15) is 4.79 Å². The third kappa shape index (κ3) is 4.30. The lowest BCUT2D eigenvalue weighted by molar-refractivity contribution is 0.00929. The largest absolute Gasteiger partial charge is 0.378 e. The van der Waals surface area contributed by atoms with Crippen molar-refractivity contribution in [3.05, 3.63) is 34.4 Å². The van der Waals surface area contributed by atoms with E-state index in [0.717, 1.165) is 26.1 Å². The standard InChI is InChI=1S/C23H35N3O3/c1-16-14-29-10-8-26(16)22(27)25-7-5-17-11-18(23(2,3)4)12-19(20(17)13-25)21-15-28-9-6-24-21/h11-12,16,21,24H,5-10,13-15H2,1-4H3/t16-,21-/m0/s1. The van der Waals surface area contributed by atoms with Crippen LogP contribution in [0.4, 0.5) is 4.79 Å². The number of carbonyl (C=O) groups is 1. The maximum absolute atomic E-state index is 13.2. The van der Waals surface area contributed by atoms with Crippen LogP contribution in [0.5, 0.6) is 0 Å². The van der Waals surface area contributed by atoms with Gasteiger partial charge in [-0.1, -0.05) is 32.9 Å². The zero-order valence-electron chi connectivity index (χ0n) is 18.3. The average Bonchev–Trinajstić information content (AvgIpc) is 2.72. The fourth-order valence-electron chi connectivity index (χ4n) is 4.56. The Hall–Kier alpha value is -1.63. The highest BCUT2D eigenvalue weighted by molar-refractivity contribution is 5.75. The predicted molar refractivity (Wildman–Crippen MR) is 113 cm³/mol. The Kier molecular flexibility index (Phi) is 5.87. The molecular weight excluding hydrogens is 366 g/mol. The molecule has 0 aromatic heterocycles. The van der Waals surface area contributed by atoms with Crippen molar-refractivity contribution in [3.8, 4) is 0 Å². The number of nitrogens with one attached hydrogen (secondary N) is 1. The van der Waals surface area contributed by atoms with E-state index in [1.807, 2.05) is 9.80 Å². The number of morpholine rings is 2. The number of hydrogen-bond donors (Lipinski definition) is 1. The summed E-state index contributed by atoms with van der Waals surface area (Å²) in [6, 6.07) is 5.18. The second kappa shape index (κ2) is 8.25. The number of fused-ring (bicyclic) bond motifs is 1. The highest BCUT2D eigenvalue weighted by atomic mass is 16.5. The minimum Gasteiger partial charge on any atom is -0.378 e. The van der Waals surface area contributed by atoms with Crippen molar-refractivity contribution in [1.82, 2.24) is 15.1 Å². The van der Waals surface area contributed by atoms with Crippen LogP contribution in [0, 0.1) is 0 Å². The van der Waals surface area contributed by atoms with Crippen LogP contribution in [0.2, 0.25) is 0 Å². The van der Waals surface area contributed by atoms with Crippen molar-refractivity contribution in [2.75, 3.05) is 46.1 Å². The van der Waals surface area contributed by atoms with Crippen molar-refractivity contribution < 1.29 is 14.3 Å². The van der Waals surface area contributed by atoms with Crippen molar-refractivity contribution in [2.24, 2.45) is 0 Å². The van der Waals surface area contributed by atoms with Gasteiger partial charge in [-0.25, -0.2) is 4.79 Å². The lowest BCUT2D eigenvalue weighted by atomic mass is 9.80. The Morgan fingerprint density at radius 1 is 1.14 bits per heavy atom. The predicted octanol–water partition coefficient (Wildman–Crippen LogP) is 2.84. The Bertz CT molecular complexity index is 752. The third-order valence-electron chi connectivity index (χ3n) is 6.42. The number of amides is 2. The summed E-state index contributed by atoms with van der Waals surface area (Å²) in [6.45, 7) is 14.6. The van der Waals surface area contributed by atoms with Gasteiger partial charge in [0.1, 0.15) is 0 Å². The summed E-state index contributed by atoms with van der Waals surface area (Å²) in [5, 5.41) is 3.62. The molecule has 2 amide bonds. The van der Waals surface area contributed by atoms with Crippen LogP contribution in [0.15, 0.2) is 12.1 Å². The Balaban J connectivity index is 1.64. The average molecular weight is 402 g/mol. The molecule has 0 spiro atoms. The van der Waals surface area contributed by atoms with Gasteiger partial charge in [-0.3, -0.25) is 0 Å². The molecule has 3 heterocycles. The van der Waals surface area contributed by atoms with Gasteiger partial charge in [0.15, 0.2) is 0 Å². The van der Waals surface area contributed by atoms with Crippen LogP contribution in [-0.2, 0) is 27.9 Å². The van der Waals surface area contributed by atoms with Gasteiger partial charge in [-0.2, -0.15) is 0 Å². The molecule has 160 valence electrons. The van der Waals surface area contributed by atoms with Gasteiger partial charge < -0.3 is 24.6 Å². The molecule has 1 aromatic carbocycles. The zero-order chi connectivity index (χ0) is 20.6. The minimum absolute atomic E-state index is 0.0927. The van der Waals surface area contributed by atoms with Gasteiger partial charge in [-0.05, 0) is 41.0 Å². The van der Waals surface area contributed by atoms with Crippen molar-refractivity contribution >= 4 is 6.03 Å². The summed E-state index contributed by atoms with van der Waals surface area (Å²) >= 11 is 0. The number of nitrogens with zero attached hydrogens (tertiary/aromatic N) is 2. The molecule has 3 aliphatic rings. The van der Waals surface area contributed by atoms with Crippen LogP contribution < -0.4 is 5.32 Å². The van der Waals surface area contributed by atoms with E-state index < -0.39 is 0 Å². The molecule has 1 N–H and O–H groups in total. The van der Waals surface area contributed by atoms with Crippen molar-refractivity contribution in [2.45, 2.75) is 58.2 Å². The maximum atomic E-state index is 13.2. The molecule has 29 heavy (non-hydrogen) atoms. The summed E-state index contributed by atoms with van der Waals surface area (Å²) in [4.78, 5) is 17.2. The van der Waals surface area contributed by atoms with E-state index in [4.69, 9.17) is 9.47 Å². The number of urea groups is 1. The van der Waals surface area contributed by atoms with Crippen molar-refractivity contribution in [1.29, 1.82) is 0 Å². The summed E-state index contributed by atoms with van der Waals surface area (Å²) in [5.41, 5.74) is 5.45. The lowest BCUT2D eigenvalue weighted by Crippen LogP contribution is -2.53. The first kappa shape index (κ1) is 20.6. The first-order valence-electron chi connectivity index (χ1n) is 10.9. The molecular formula is C23H35N3O3. The number of carbonyl (C=O) groups excluding carboxylic acids is 1. The van der Waals surface area contributed by atoms with Crippen LogP contribution in [0.3, 0.4) is 0 Å². The molecule has 2 atom stereocenters. The van der Waals surface area contributed by atoms with E-state index in [-0.39, 0.29) is 23.5 Å². The third-order valence-corrected chi connectivity index (χ3v) is 6.42. The smallest absolute Gasteiger partial charge is 0.320 e. The summed E-state index contributed by atoms with van der Waals surface area (Å²) in [5.74, 6) is 0. The molecule has 0 aliphatic carbocycles. The van der Waals surface area contributed by atoms with E-state index in [1.54, 1.807) is 0 Å². The van der Waals surface area contributed by atoms with E-state index >= 15 is 0 Å². The molecule has 6 heteroatoms. The fourth-order valence-corrected chi connectivity index (χ4v) is 4.56. The first-order chi connectivity index (χ1) is 13.8. The number of ether oxygens (including phenoxy) is 2. The van der Waals surface area contributed by atoms with E-state index in [2.05, 4.69) is 45.1 Å². The topological polar surface area (TPSA) is 54.0 Å². The molecule has 0 saturated carbocycles. The van der Waals surface area contributed by atoms with Crippen LogP contribution in [0.1, 0.15) is 56.0 Å². The van der Waals surface area contributed by atoms with Gasteiger partial charge in [0, 0.05) is 26.2 Å². The van der Waals surface area contributed by atoms with Gasteiger partial charge in [0.2, 0.25) is 0 Å². The minimum atomic E-state index is 0.0927. The number of hydrogen-bond acceptors (Lipinski definition) is 4. The number of benzene rings is 1. The Morgan fingerprint density at radius 2 is 1.93 bits per heavy atom. The summed E-state index contributed by atoms with van der Waals surface area (Å²) in [7, 11) is 0. The maximum Gasteiger partial charge on any atom is 0.320 e. The number of rotatable bonds is 1. The van der Waals surface area contributed by atoms with Crippen LogP contribution in [0.25, 0.3) is 0 Å². The second-order valence-electron chi connectivity index (χ2n) is 9.61. The van der Waals surface area contributed by atoms with Crippen LogP contribution in [-0.4, -0.2) is 67.9 Å². The van der Waals surface area contributed by atoms with Gasteiger partial charge in [0.05, 0.1) is 38.5 Å². The van der Waals surface area contributed by atoms with Gasteiger partial charge in [0.25, 0.3) is 0 Å². The monoisotopic (exact) mass is 401 g/mol. The molecule has 4 rings (SSSR count). The highest BCUT2D eigenvalue weighted by Crippen LogP contribution is 2.34. The van der Waals surface area contributed by atoms with E-state index in [0.29, 0.717) is 32.9 Å². The normalized spacial score (nSPS) is 25.7.